The second-order valence-electron chi connectivity index (χ2n) is 6.02. The fourth-order valence-corrected chi connectivity index (χ4v) is 3.11. The van der Waals surface area contributed by atoms with Crippen molar-refractivity contribution in [2.75, 3.05) is 5.32 Å². The van der Waals surface area contributed by atoms with Crippen molar-refractivity contribution in [1.82, 2.24) is 14.8 Å². The highest BCUT2D eigenvalue weighted by molar-refractivity contribution is 6.32. The second kappa shape index (κ2) is 6.75. The van der Waals surface area contributed by atoms with Crippen LogP contribution in [0, 0.1) is 0 Å². The largest absolute Gasteiger partial charge is 0.417 e. The van der Waals surface area contributed by atoms with Gasteiger partial charge >= 0.3 is 6.18 Å². The van der Waals surface area contributed by atoms with E-state index < -0.39 is 22.7 Å². The molecule has 2 aromatic carbocycles. The van der Waals surface area contributed by atoms with Crippen LogP contribution in [0.1, 0.15) is 17.5 Å². The highest BCUT2D eigenvalue weighted by Crippen LogP contribution is 2.41. The zero-order chi connectivity index (χ0) is 19.9. The molecule has 28 heavy (non-hydrogen) atoms. The Bertz CT molecular complexity index is 1090. The highest BCUT2D eigenvalue weighted by atomic mass is 35.5. The zero-order valence-corrected chi connectivity index (χ0v) is 14.8. The fraction of sp³-hybridized carbons (Fsp3) is 0.111. The predicted octanol–water partition coefficient (Wildman–Crippen LogP) is 4.40. The first kappa shape index (κ1) is 18.2. The minimum absolute atomic E-state index is 0.0378. The van der Waals surface area contributed by atoms with E-state index in [0.717, 1.165) is 12.1 Å². The van der Waals surface area contributed by atoms with Gasteiger partial charge in [-0.15, -0.1) is 0 Å². The summed E-state index contributed by atoms with van der Waals surface area (Å²) in [6, 6.07) is 8.98. The van der Waals surface area contributed by atoms with Crippen LogP contribution in [0.25, 0.3) is 5.69 Å². The van der Waals surface area contributed by atoms with Crippen molar-refractivity contribution in [3.63, 3.8) is 0 Å². The van der Waals surface area contributed by atoms with Crippen molar-refractivity contribution in [2.45, 2.75) is 12.6 Å². The van der Waals surface area contributed by atoms with Crippen LogP contribution in [0.5, 0.6) is 0 Å². The van der Waals surface area contributed by atoms with Gasteiger partial charge in [0.2, 0.25) is 5.91 Å². The molecule has 1 aromatic heterocycles. The quantitative estimate of drug-likeness (QED) is 0.686. The molecule has 0 bridgehead atoms. The number of carbonyl (C=O) groups excluding carboxylic acids is 1. The molecule has 1 aliphatic rings. The Labute approximate surface area is 161 Å². The van der Waals surface area contributed by atoms with Crippen LogP contribution in [0.3, 0.4) is 0 Å². The lowest BCUT2D eigenvalue weighted by Crippen LogP contribution is -2.15. The average molecular weight is 406 g/mol. The third kappa shape index (κ3) is 3.48. The van der Waals surface area contributed by atoms with E-state index in [0.29, 0.717) is 17.0 Å². The van der Waals surface area contributed by atoms with Gasteiger partial charge in [-0.05, 0) is 29.8 Å². The molecule has 1 aliphatic heterocycles. The number of halogens is 4. The summed E-state index contributed by atoms with van der Waals surface area (Å²) in [7, 11) is 0. The normalized spacial score (nSPS) is 14.1. The first-order chi connectivity index (χ1) is 13.3. The molecule has 2 heterocycles. The number of anilines is 1. The number of fused-ring (bicyclic) bond motifs is 1. The van der Waals surface area contributed by atoms with Crippen molar-refractivity contribution < 1.29 is 18.0 Å². The van der Waals surface area contributed by atoms with Crippen LogP contribution in [-0.2, 0) is 11.0 Å². The Balaban J connectivity index is 1.80. The van der Waals surface area contributed by atoms with Crippen LogP contribution in [0.4, 0.5) is 24.5 Å². The third-order valence-corrected chi connectivity index (χ3v) is 4.42. The van der Waals surface area contributed by atoms with Crippen molar-refractivity contribution in [3.05, 3.63) is 65.2 Å². The van der Waals surface area contributed by atoms with E-state index in [2.05, 4.69) is 20.4 Å². The summed E-state index contributed by atoms with van der Waals surface area (Å²) in [6.07, 6.45) is -1.83. The molecule has 0 saturated heterocycles. The number of carbonyl (C=O) groups is 1. The smallest absolute Gasteiger partial charge is 0.324 e. The summed E-state index contributed by atoms with van der Waals surface area (Å²) in [4.78, 5) is 20.5. The monoisotopic (exact) mass is 405 g/mol. The molecule has 0 saturated carbocycles. The van der Waals surface area contributed by atoms with Crippen LogP contribution in [-0.4, -0.2) is 26.4 Å². The number of alkyl halides is 3. The predicted molar refractivity (Wildman–Crippen MR) is 97.3 cm³/mol. The Morgan fingerprint density at radius 1 is 1.18 bits per heavy atom. The number of amides is 1. The first-order valence-electron chi connectivity index (χ1n) is 8.05. The van der Waals surface area contributed by atoms with Gasteiger partial charge in [-0.3, -0.25) is 9.79 Å². The summed E-state index contributed by atoms with van der Waals surface area (Å²) < 4.78 is 40.8. The number of hydrogen-bond acceptors (Lipinski definition) is 4. The van der Waals surface area contributed by atoms with Gasteiger partial charge in [-0.2, -0.15) is 18.3 Å². The molecule has 1 amide bonds. The van der Waals surface area contributed by atoms with Gasteiger partial charge in [0, 0.05) is 0 Å². The number of nitrogens with one attached hydrogen (secondary N) is 1. The average Bonchev–Trinajstić information content (AvgIpc) is 3.11. The van der Waals surface area contributed by atoms with Gasteiger partial charge in [0.15, 0.2) is 0 Å². The second-order valence-corrected chi connectivity index (χ2v) is 6.43. The highest BCUT2D eigenvalue weighted by Gasteiger charge is 2.34. The van der Waals surface area contributed by atoms with Gasteiger partial charge < -0.3 is 5.32 Å². The molecule has 0 fully saturated rings. The Morgan fingerprint density at radius 3 is 2.71 bits per heavy atom. The van der Waals surface area contributed by atoms with E-state index in [9.17, 15) is 18.0 Å². The lowest BCUT2D eigenvalue weighted by molar-refractivity contribution is -0.137. The molecular weight excluding hydrogens is 395 g/mol. The lowest BCUT2D eigenvalue weighted by atomic mass is 10.1. The molecule has 4 rings (SSSR count). The number of benzene rings is 2. The van der Waals surface area contributed by atoms with E-state index in [1.54, 1.807) is 28.9 Å². The summed E-state index contributed by atoms with van der Waals surface area (Å²) in [6.45, 7) is 0. The molecule has 0 unspecified atom stereocenters. The van der Waals surface area contributed by atoms with Gasteiger partial charge in [-0.25, -0.2) is 9.67 Å². The Morgan fingerprint density at radius 2 is 2.00 bits per heavy atom. The molecule has 3 aromatic rings. The molecule has 0 aliphatic carbocycles. The lowest BCUT2D eigenvalue weighted by Gasteiger charge is -2.12. The summed E-state index contributed by atoms with van der Waals surface area (Å²) in [5.74, 6) is -0.473. The van der Waals surface area contributed by atoms with Gasteiger partial charge in [0.1, 0.15) is 12.7 Å². The van der Waals surface area contributed by atoms with Gasteiger partial charge in [0.25, 0.3) is 0 Å². The van der Waals surface area contributed by atoms with E-state index in [-0.39, 0.29) is 17.8 Å². The topological polar surface area (TPSA) is 72.2 Å². The van der Waals surface area contributed by atoms with Crippen LogP contribution in [0.2, 0.25) is 5.02 Å². The molecule has 6 nitrogen and oxygen atoms in total. The molecule has 0 atom stereocenters. The molecule has 142 valence electrons. The van der Waals surface area contributed by atoms with E-state index in [1.165, 1.54) is 12.7 Å². The maximum atomic E-state index is 13.1. The maximum Gasteiger partial charge on any atom is 0.417 e. The third-order valence-electron chi connectivity index (χ3n) is 4.11. The van der Waals surface area contributed by atoms with Crippen molar-refractivity contribution >= 4 is 34.6 Å². The molecule has 1 N–H and O–H groups in total. The maximum absolute atomic E-state index is 13.1. The number of hydrogen-bond donors (Lipinski definition) is 1. The van der Waals surface area contributed by atoms with Crippen molar-refractivity contribution in [1.29, 1.82) is 0 Å². The molecule has 10 heteroatoms. The van der Waals surface area contributed by atoms with Crippen LogP contribution in [0.15, 0.2) is 54.0 Å². The molecule has 0 radical (unpaired) electrons. The molecule has 0 spiro atoms. The van der Waals surface area contributed by atoms with E-state index >= 15 is 0 Å². The number of rotatable bonds is 2. The number of aromatic nitrogens is 3. The van der Waals surface area contributed by atoms with Crippen molar-refractivity contribution in [2.24, 2.45) is 4.99 Å². The Hall–Kier alpha value is -3.20. The van der Waals surface area contributed by atoms with E-state index in [1.807, 2.05) is 0 Å². The standard InChI is InChI=1S/C18H11ClF3N5O/c19-13-6-16-15(5-12(13)18(20,21)22)26-17(28)7-14(25-16)10-2-1-3-11(4-10)27-9-23-8-24-27/h1-6,8-9H,7H2,(H,26,28). The fourth-order valence-electron chi connectivity index (χ4n) is 2.84. The zero-order valence-electron chi connectivity index (χ0n) is 14.0. The first-order valence-corrected chi connectivity index (χ1v) is 8.42. The minimum Gasteiger partial charge on any atom is -0.324 e. The summed E-state index contributed by atoms with van der Waals surface area (Å²) >= 11 is 5.80. The summed E-state index contributed by atoms with van der Waals surface area (Å²) in [5.41, 5.74) is 0.823. The SMILES string of the molecule is O=C1CC(c2cccc(-n3cncn3)c2)=Nc2cc(Cl)c(C(F)(F)F)cc2N1. The van der Waals surface area contributed by atoms with Crippen LogP contribution >= 0.6 is 11.6 Å². The van der Waals surface area contributed by atoms with E-state index in [4.69, 9.17) is 11.6 Å². The Kier molecular flexibility index (Phi) is 4.38. The van der Waals surface area contributed by atoms with Crippen molar-refractivity contribution in [3.8, 4) is 5.69 Å². The van der Waals surface area contributed by atoms with Crippen LogP contribution < -0.4 is 5.32 Å². The summed E-state index contributed by atoms with van der Waals surface area (Å²) in [5, 5.41) is 6.03. The van der Waals surface area contributed by atoms with Gasteiger partial charge in [0.05, 0.1) is 39.8 Å². The van der Waals surface area contributed by atoms with Gasteiger partial charge in [-0.1, -0.05) is 23.7 Å². The minimum atomic E-state index is -4.64. The number of nitrogens with zero attached hydrogens (tertiary/aromatic N) is 4. The number of aliphatic imine (C=N–C) groups is 1. The molecular formula is C18H11ClF3N5O.